The third-order valence-corrected chi connectivity index (χ3v) is 3.19. The van der Waals surface area contributed by atoms with Crippen molar-refractivity contribution in [1.82, 2.24) is 0 Å². The molecular weight excluding hydrogens is 248 g/mol. The molecular formula is C17H14N2O. The third-order valence-electron chi connectivity index (χ3n) is 3.19. The molecule has 0 aliphatic carbocycles. The van der Waals surface area contributed by atoms with Gasteiger partial charge in [-0.2, -0.15) is 0 Å². The number of anilines is 2. The minimum atomic E-state index is -0.0719. The molecule has 3 heteroatoms. The standard InChI is InChI=1S/C17H14N2O/c18-15-10-8-14(9-11-15)17(20)19-12-4-3-6-13-5-1-2-7-16(13)19/h1-12H,18H2. The Hall–Kier alpha value is -2.81. The number of para-hydroxylation sites is 1. The highest BCUT2D eigenvalue weighted by Crippen LogP contribution is 2.26. The summed E-state index contributed by atoms with van der Waals surface area (Å²) in [5, 5.41) is 0. The second-order valence-corrected chi connectivity index (χ2v) is 4.56. The lowest BCUT2D eigenvalue weighted by Crippen LogP contribution is -2.25. The van der Waals surface area contributed by atoms with Crippen molar-refractivity contribution in [2.75, 3.05) is 10.6 Å². The van der Waals surface area contributed by atoms with Gasteiger partial charge >= 0.3 is 0 Å². The minimum Gasteiger partial charge on any atom is -0.399 e. The maximum Gasteiger partial charge on any atom is 0.262 e. The largest absolute Gasteiger partial charge is 0.399 e. The number of carbonyl (C=O) groups is 1. The van der Waals surface area contributed by atoms with Gasteiger partial charge < -0.3 is 5.73 Å². The summed E-state index contributed by atoms with van der Waals surface area (Å²) >= 11 is 0. The molecule has 0 spiro atoms. The van der Waals surface area contributed by atoms with Gasteiger partial charge in [0.1, 0.15) is 0 Å². The molecule has 2 aromatic carbocycles. The van der Waals surface area contributed by atoms with Crippen LogP contribution < -0.4 is 10.6 Å². The molecule has 0 fully saturated rings. The van der Waals surface area contributed by atoms with Crippen LogP contribution in [-0.4, -0.2) is 5.91 Å². The predicted octanol–water partition coefficient (Wildman–Crippen LogP) is 3.46. The topological polar surface area (TPSA) is 46.3 Å². The number of amides is 1. The summed E-state index contributed by atoms with van der Waals surface area (Å²) in [6.45, 7) is 0. The van der Waals surface area contributed by atoms with Crippen LogP contribution in [0.2, 0.25) is 0 Å². The van der Waals surface area contributed by atoms with Crippen LogP contribution in [0.1, 0.15) is 15.9 Å². The van der Waals surface area contributed by atoms with Crippen molar-refractivity contribution in [1.29, 1.82) is 0 Å². The van der Waals surface area contributed by atoms with Crippen molar-refractivity contribution in [3.8, 4) is 0 Å². The Bertz CT molecular complexity index is 699. The average Bonchev–Trinajstić information content (AvgIpc) is 2.69. The smallest absolute Gasteiger partial charge is 0.262 e. The number of nitrogens with two attached hydrogens (primary N) is 1. The van der Waals surface area contributed by atoms with Gasteiger partial charge in [-0.05, 0) is 42.0 Å². The molecule has 0 saturated heterocycles. The third kappa shape index (κ3) is 2.21. The number of hydrogen-bond donors (Lipinski definition) is 1. The Kier molecular flexibility index (Phi) is 3.09. The highest BCUT2D eigenvalue weighted by molar-refractivity contribution is 6.08. The molecule has 2 N–H and O–H groups in total. The summed E-state index contributed by atoms with van der Waals surface area (Å²) in [5.74, 6) is -0.0719. The molecule has 0 saturated carbocycles. The Balaban J connectivity index is 2.02. The van der Waals surface area contributed by atoms with Gasteiger partial charge in [-0.25, -0.2) is 0 Å². The molecule has 3 rings (SSSR count). The number of rotatable bonds is 1. The number of carbonyl (C=O) groups excluding carboxylic acids is 1. The van der Waals surface area contributed by atoms with Crippen LogP contribution >= 0.6 is 0 Å². The van der Waals surface area contributed by atoms with Gasteiger partial charge in [-0.15, -0.1) is 0 Å². The van der Waals surface area contributed by atoms with E-state index in [9.17, 15) is 4.79 Å². The molecule has 3 nitrogen and oxygen atoms in total. The number of nitrogen functional groups attached to an aromatic ring is 1. The molecule has 1 aliphatic heterocycles. The Morgan fingerprint density at radius 2 is 1.70 bits per heavy atom. The molecule has 0 atom stereocenters. The molecule has 0 radical (unpaired) electrons. The maximum atomic E-state index is 12.6. The van der Waals surface area contributed by atoms with E-state index in [1.165, 1.54) is 0 Å². The van der Waals surface area contributed by atoms with Gasteiger partial charge in [0.05, 0.1) is 5.69 Å². The van der Waals surface area contributed by atoms with Crippen molar-refractivity contribution in [2.45, 2.75) is 0 Å². The highest BCUT2D eigenvalue weighted by atomic mass is 16.2. The number of benzene rings is 2. The Morgan fingerprint density at radius 1 is 0.950 bits per heavy atom. The molecule has 1 aliphatic rings. The summed E-state index contributed by atoms with van der Waals surface area (Å²) in [4.78, 5) is 14.3. The number of fused-ring (bicyclic) bond motifs is 1. The summed E-state index contributed by atoms with van der Waals surface area (Å²) in [6, 6.07) is 14.8. The Morgan fingerprint density at radius 3 is 2.50 bits per heavy atom. The first-order valence-corrected chi connectivity index (χ1v) is 6.39. The first kappa shape index (κ1) is 12.2. The van der Waals surface area contributed by atoms with Gasteiger partial charge in [-0.3, -0.25) is 9.69 Å². The zero-order valence-electron chi connectivity index (χ0n) is 10.9. The van der Waals surface area contributed by atoms with E-state index in [4.69, 9.17) is 5.73 Å². The lowest BCUT2D eigenvalue weighted by atomic mass is 10.1. The molecule has 1 heterocycles. The van der Waals surface area contributed by atoms with Crippen LogP contribution in [0.4, 0.5) is 11.4 Å². The van der Waals surface area contributed by atoms with Crippen LogP contribution in [-0.2, 0) is 0 Å². The van der Waals surface area contributed by atoms with Gasteiger partial charge in [0.15, 0.2) is 0 Å². The summed E-state index contributed by atoms with van der Waals surface area (Å²) in [6.07, 6.45) is 7.55. The number of allylic oxidation sites excluding steroid dienone is 2. The van der Waals surface area contributed by atoms with Gasteiger partial charge in [0.2, 0.25) is 0 Å². The first-order chi connectivity index (χ1) is 9.75. The van der Waals surface area contributed by atoms with Crippen LogP contribution in [0.25, 0.3) is 6.08 Å². The predicted molar refractivity (Wildman–Crippen MR) is 82.3 cm³/mol. The van der Waals surface area contributed by atoms with Crippen LogP contribution in [0, 0.1) is 0 Å². The molecule has 1 amide bonds. The van der Waals surface area contributed by atoms with Crippen LogP contribution in [0.5, 0.6) is 0 Å². The van der Waals surface area contributed by atoms with Crippen molar-refractivity contribution in [3.05, 3.63) is 78.0 Å². The number of hydrogen-bond acceptors (Lipinski definition) is 2. The fraction of sp³-hybridized carbons (Fsp3) is 0. The monoisotopic (exact) mass is 262 g/mol. The second kappa shape index (κ2) is 5.05. The van der Waals surface area contributed by atoms with Crippen molar-refractivity contribution >= 4 is 23.4 Å². The molecule has 20 heavy (non-hydrogen) atoms. The fourth-order valence-electron chi connectivity index (χ4n) is 2.17. The summed E-state index contributed by atoms with van der Waals surface area (Å²) in [7, 11) is 0. The zero-order valence-corrected chi connectivity index (χ0v) is 10.9. The summed E-state index contributed by atoms with van der Waals surface area (Å²) in [5.41, 5.74) is 8.81. The molecule has 98 valence electrons. The minimum absolute atomic E-state index is 0.0719. The fourth-order valence-corrected chi connectivity index (χ4v) is 2.17. The molecule has 0 unspecified atom stereocenters. The van der Waals surface area contributed by atoms with E-state index in [1.807, 2.05) is 42.5 Å². The van der Waals surface area contributed by atoms with Gasteiger partial charge in [0.25, 0.3) is 5.91 Å². The molecule has 2 aromatic rings. The zero-order chi connectivity index (χ0) is 13.9. The molecule has 0 aromatic heterocycles. The lowest BCUT2D eigenvalue weighted by molar-refractivity contribution is 0.0997. The van der Waals surface area contributed by atoms with Crippen molar-refractivity contribution in [2.24, 2.45) is 0 Å². The number of nitrogens with zero attached hydrogens (tertiary/aromatic N) is 1. The van der Waals surface area contributed by atoms with Crippen LogP contribution in [0.15, 0.2) is 66.9 Å². The van der Waals surface area contributed by atoms with Crippen molar-refractivity contribution in [3.63, 3.8) is 0 Å². The van der Waals surface area contributed by atoms with E-state index in [1.54, 1.807) is 35.4 Å². The maximum absolute atomic E-state index is 12.6. The van der Waals surface area contributed by atoms with Crippen LogP contribution in [0.3, 0.4) is 0 Å². The normalized spacial score (nSPS) is 12.9. The van der Waals surface area contributed by atoms with E-state index in [0.717, 1.165) is 11.3 Å². The van der Waals surface area contributed by atoms with Gasteiger partial charge in [0, 0.05) is 17.5 Å². The van der Waals surface area contributed by atoms with E-state index in [-0.39, 0.29) is 5.91 Å². The SMILES string of the molecule is Nc1ccc(C(=O)N2C=CC=Cc3ccccc32)cc1. The Labute approximate surface area is 117 Å². The first-order valence-electron chi connectivity index (χ1n) is 6.39. The molecule has 0 bridgehead atoms. The van der Waals surface area contributed by atoms with Crippen molar-refractivity contribution < 1.29 is 4.79 Å². The van der Waals surface area contributed by atoms with E-state index >= 15 is 0 Å². The highest BCUT2D eigenvalue weighted by Gasteiger charge is 2.18. The second-order valence-electron chi connectivity index (χ2n) is 4.56. The van der Waals surface area contributed by atoms with E-state index < -0.39 is 0 Å². The lowest BCUT2D eigenvalue weighted by Gasteiger charge is -2.20. The van der Waals surface area contributed by atoms with E-state index in [2.05, 4.69) is 0 Å². The van der Waals surface area contributed by atoms with Gasteiger partial charge in [-0.1, -0.05) is 30.4 Å². The summed E-state index contributed by atoms with van der Waals surface area (Å²) < 4.78 is 0. The quantitative estimate of drug-likeness (QED) is 0.800. The van der Waals surface area contributed by atoms with E-state index in [0.29, 0.717) is 11.3 Å². The average molecular weight is 262 g/mol.